The average Bonchev–Trinajstić information content (AvgIpc) is 3.21. The highest BCUT2D eigenvalue weighted by atomic mass is 16.5. The van der Waals surface area contributed by atoms with Crippen molar-refractivity contribution in [3.8, 4) is 0 Å². The first-order chi connectivity index (χ1) is 11.7. The molecule has 134 valence electrons. The number of aromatic nitrogens is 1. The molecule has 0 aliphatic carbocycles. The molecule has 1 aromatic rings. The minimum Gasteiger partial charge on any atom is -0.379 e. The Morgan fingerprint density at radius 2 is 2.08 bits per heavy atom. The second kappa shape index (κ2) is 8.46. The molecule has 0 saturated carbocycles. The molecule has 1 unspecified atom stereocenters. The molecule has 2 aliphatic heterocycles. The highest BCUT2D eigenvalue weighted by Crippen LogP contribution is 2.15. The van der Waals surface area contributed by atoms with Crippen molar-refractivity contribution in [1.82, 2.24) is 20.3 Å². The van der Waals surface area contributed by atoms with E-state index < -0.39 is 0 Å². The fourth-order valence-electron chi connectivity index (χ4n) is 3.21. The number of ether oxygens (including phenoxy) is 1. The lowest BCUT2D eigenvalue weighted by Gasteiger charge is -2.28. The van der Waals surface area contributed by atoms with Crippen LogP contribution in [0.2, 0.25) is 0 Å². The van der Waals surface area contributed by atoms with Gasteiger partial charge in [0.25, 0.3) is 0 Å². The molecule has 2 saturated heterocycles. The lowest BCUT2D eigenvalue weighted by atomic mass is 10.1. The van der Waals surface area contributed by atoms with Crippen LogP contribution in [0.3, 0.4) is 0 Å². The third-order valence-electron chi connectivity index (χ3n) is 4.63. The SMILES string of the molecule is Cc1cc(NC(=O)NCC2CCN(CCN3CCOCC3)C2)no1. The van der Waals surface area contributed by atoms with Crippen LogP contribution in [0.15, 0.2) is 10.6 Å². The highest BCUT2D eigenvalue weighted by molar-refractivity contribution is 5.88. The molecule has 2 fully saturated rings. The van der Waals surface area contributed by atoms with Crippen LogP contribution in [0.4, 0.5) is 10.6 Å². The zero-order chi connectivity index (χ0) is 16.8. The van der Waals surface area contributed by atoms with Gasteiger partial charge in [-0.3, -0.25) is 10.2 Å². The standard InChI is InChI=1S/C16H27N5O3/c1-13-10-15(19-24-13)18-16(22)17-11-14-2-3-21(12-14)5-4-20-6-8-23-9-7-20/h10,14H,2-9,11-12H2,1H3,(H2,17,18,19,22). The first-order valence-electron chi connectivity index (χ1n) is 8.69. The lowest BCUT2D eigenvalue weighted by molar-refractivity contribution is 0.0343. The van der Waals surface area contributed by atoms with Gasteiger partial charge >= 0.3 is 6.03 Å². The molecule has 2 amide bonds. The van der Waals surface area contributed by atoms with Gasteiger partial charge < -0.3 is 19.5 Å². The predicted octanol–water partition coefficient (Wildman–Crippen LogP) is 0.759. The van der Waals surface area contributed by atoms with E-state index in [0.717, 1.165) is 58.9 Å². The number of hydrogen-bond donors (Lipinski definition) is 2. The molecule has 1 atom stereocenters. The Kier molecular flexibility index (Phi) is 6.06. The second-order valence-corrected chi connectivity index (χ2v) is 6.57. The molecule has 0 spiro atoms. The van der Waals surface area contributed by atoms with Gasteiger partial charge in [-0.2, -0.15) is 0 Å². The summed E-state index contributed by atoms with van der Waals surface area (Å²) in [6.07, 6.45) is 1.13. The summed E-state index contributed by atoms with van der Waals surface area (Å²) < 4.78 is 10.3. The van der Waals surface area contributed by atoms with Crippen LogP contribution in [0.25, 0.3) is 0 Å². The van der Waals surface area contributed by atoms with E-state index in [0.29, 0.717) is 24.0 Å². The Morgan fingerprint density at radius 1 is 1.29 bits per heavy atom. The first-order valence-corrected chi connectivity index (χ1v) is 8.69. The third-order valence-corrected chi connectivity index (χ3v) is 4.63. The number of aryl methyl sites for hydroxylation is 1. The summed E-state index contributed by atoms with van der Waals surface area (Å²) in [7, 11) is 0. The number of nitrogens with zero attached hydrogens (tertiary/aromatic N) is 3. The summed E-state index contributed by atoms with van der Waals surface area (Å²) in [5, 5.41) is 9.35. The van der Waals surface area contributed by atoms with E-state index in [4.69, 9.17) is 9.26 Å². The second-order valence-electron chi connectivity index (χ2n) is 6.57. The molecular weight excluding hydrogens is 310 g/mol. The number of nitrogens with one attached hydrogen (secondary N) is 2. The summed E-state index contributed by atoms with van der Waals surface area (Å²) in [6, 6.07) is 1.47. The van der Waals surface area contributed by atoms with Crippen molar-refractivity contribution in [2.75, 3.05) is 64.3 Å². The quantitative estimate of drug-likeness (QED) is 0.797. The normalized spacial score (nSPS) is 22.6. The Hall–Kier alpha value is -1.64. The zero-order valence-corrected chi connectivity index (χ0v) is 14.3. The van der Waals surface area contributed by atoms with Crippen LogP contribution in [-0.2, 0) is 4.74 Å². The number of rotatable bonds is 6. The van der Waals surface area contributed by atoms with Crippen molar-refractivity contribution >= 4 is 11.8 Å². The number of hydrogen-bond acceptors (Lipinski definition) is 6. The molecule has 0 radical (unpaired) electrons. The van der Waals surface area contributed by atoms with Crippen LogP contribution < -0.4 is 10.6 Å². The number of likely N-dealkylation sites (tertiary alicyclic amines) is 1. The summed E-state index contributed by atoms with van der Waals surface area (Å²) in [4.78, 5) is 16.8. The van der Waals surface area contributed by atoms with Gasteiger partial charge in [0.15, 0.2) is 5.82 Å². The number of urea groups is 1. The van der Waals surface area contributed by atoms with Crippen molar-refractivity contribution in [2.24, 2.45) is 5.92 Å². The summed E-state index contributed by atoms with van der Waals surface area (Å²) in [5.41, 5.74) is 0. The smallest absolute Gasteiger partial charge is 0.320 e. The molecule has 3 heterocycles. The minimum atomic E-state index is -0.227. The molecule has 0 aromatic carbocycles. The van der Waals surface area contributed by atoms with Crippen LogP contribution in [-0.4, -0.2) is 80.0 Å². The van der Waals surface area contributed by atoms with Gasteiger partial charge in [0.1, 0.15) is 5.76 Å². The van der Waals surface area contributed by atoms with Crippen molar-refractivity contribution in [2.45, 2.75) is 13.3 Å². The molecular formula is C16H27N5O3. The Bertz CT molecular complexity index is 530. The van der Waals surface area contributed by atoms with Crippen LogP contribution in [0.1, 0.15) is 12.2 Å². The minimum absolute atomic E-state index is 0.227. The Balaban J connectivity index is 1.30. The molecule has 3 rings (SSSR count). The molecule has 8 nitrogen and oxygen atoms in total. The van der Waals surface area contributed by atoms with Gasteiger partial charge in [0.2, 0.25) is 0 Å². The lowest BCUT2D eigenvalue weighted by Crippen LogP contribution is -2.41. The molecule has 0 bridgehead atoms. The summed E-state index contributed by atoms with van der Waals surface area (Å²) >= 11 is 0. The van der Waals surface area contributed by atoms with Crippen molar-refractivity contribution < 1.29 is 14.1 Å². The maximum Gasteiger partial charge on any atom is 0.320 e. The van der Waals surface area contributed by atoms with E-state index in [2.05, 4.69) is 25.6 Å². The van der Waals surface area contributed by atoms with Gasteiger partial charge in [-0.1, -0.05) is 5.16 Å². The third kappa shape index (κ3) is 5.19. The van der Waals surface area contributed by atoms with Crippen LogP contribution >= 0.6 is 0 Å². The van der Waals surface area contributed by atoms with Crippen molar-refractivity contribution in [1.29, 1.82) is 0 Å². The van der Waals surface area contributed by atoms with E-state index >= 15 is 0 Å². The molecule has 1 aromatic heterocycles. The van der Waals surface area contributed by atoms with Gasteiger partial charge in [-0.05, 0) is 25.8 Å². The molecule has 2 N–H and O–H groups in total. The molecule has 24 heavy (non-hydrogen) atoms. The van der Waals surface area contributed by atoms with Gasteiger partial charge in [0.05, 0.1) is 13.2 Å². The van der Waals surface area contributed by atoms with Crippen molar-refractivity contribution in [3.63, 3.8) is 0 Å². The van der Waals surface area contributed by atoms with E-state index in [-0.39, 0.29) is 6.03 Å². The predicted molar refractivity (Wildman–Crippen MR) is 90.1 cm³/mol. The van der Waals surface area contributed by atoms with Gasteiger partial charge in [0, 0.05) is 45.3 Å². The fourth-order valence-corrected chi connectivity index (χ4v) is 3.21. The maximum absolute atomic E-state index is 11.9. The van der Waals surface area contributed by atoms with E-state index in [1.807, 2.05) is 0 Å². The largest absolute Gasteiger partial charge is 0.379 e. The summed E-state index contributed by atoms with van der Waals surface area (Å²) in [6.45, 7) is 10.6. The summed E-state index contributed by atoms with van der Waals surface area (Å²) in [5.74, 6) is 1.64. The topological polar surface area (TPSA) is 82.9 Å². The number of carbonyl (C=O) groups is 1. The first kappa shape index (κ1) is 17.2. The highest BCUT2D eigenvalue weighted by Gasteiger charge is 2.23. The number of anilines is 1. The molecule has 8 heteroatoms. The Morgan fingerprint density at radius 3 is 2.83 bits per heavy atom. The monoisotopic (exact) mass is 337 g/mol. The average molecular weight is 337 g/mol. The van der Waals surface area contributed by atoms with Gasteiger partial charge in [-0.25, -0.2) is 4.79 Å². The van der Waals surface area contributed by atoms with Gasteiger partial charge in [-0.15, -0.1) is 0 Å². The van der Waals surface area contributed by atoms with Crippen LogP contribution in [0, 0.1) is 12.8 Å². The van der Waals surface area contributed by atoms with E-state index in [1.165, 1.54) is 0 Å². The van der Waals surface area contributed by atoms with Crippen LogP contribution in [0.5, 0.6) is 0 Å². The number of morpholine rings is 1. The number of carbonyl (C=O) groups excluding carboxylic acids is 1. The maximum atomic E-state index is 11.9. The van der Waals surface area contributed by atoms with E-state index in [1.54, 1.807) is 13.0 Å². The van der Waals surface area contributed by atoms with E-state index in [9.17, 15) is 4.79 Å². The Labute approximate surface area is 142 Å². The zero-order valence-electron chi connectivity index (χ0n) is 14.3. The molecule has 2 aliphatic rings. The van der Waals surface area contributed by atoms with Crippen molar-refractivity contribution in [3.05, 3.63) is 11.8 Å². The number of amides is 2. The fraction of sp³-hybridized carbons (Fsp3) is 0.750.